The third kappa shape index (κ3) is 5.81. The lowest BCUT2D eigenvalue weighted by Crippen LogP contribution is -2.38. The van der Waals surface area contributed by atoms with Crippen molar-refractivity contribution in [1.29, 1.82) is 0 Å². The minimum absolute atomic E-state index is 0.0185. The molecule has 0 unspecified atom stereocenters. The van der Waals surface area contributed by atoms with Crippen molar-refractivity contribution in [3.05, 3.63) is 48.0 Å². The predicted molar refractivity (Wildman–Crippen MR) is 117 cm³/mol. The molecule has 0 amide bonds. The van der Waals surface area contributed by atoms with Gasteiger partial charge in [0, 0.05) is 12.1 Å². The van der Waals surface area contributed by atoms with Crippen LogP contribution in [-0.2, 0) is 11.3 Å². The molecule has 2 aliphatic rings. The molecule has 1 saturated carbocycles. The molecule has 0 bridgehead atoms. The number of nitrogen functional groups attached to an aromatic ring is 1. The molecule has 176 valence electrons. The van der Waals surface area contributed by atoms with Crippen molar-refractivity contribution in [2.75, 3.05) is 18.8 Å². The van der Waals surface area contributed by atoms with Crippen molar-refractivity contribution in [3.8, 4) is 11.3 Å². The number of hydrogen-bond acceptors (Lipinski definition) is 5. The molecule has 1 saturated heterocycles. The molecule has 10 heteroatoms. The number of benzene rings is 1. The monoisotopic (exact) mass is 461 g/mol. The van der Waals surface area contributed by atoms with Gasteiger partial charge in [-0.3, -0.25) is 9.69 Å². The van der Waals surface area contributed by atoms with Gasteiger partial charge in [0.15, 0.2) is 5.65 Å². The van der Waals surface area contributed by atoms with E-state index in [1.807, 2.05) is 42.5 Å². The summed E-state index contributed by atoms with van der Waals surface area (Å²) in [6, 6.07) is 13.7. The Morgan fingerprint density at radius 3 is 2.27 bits per heavy atom. The summed E-state index contributed by atoms with van der Waals surface area (Å²) in [6.45, 7) is 1.61. The molecule has 3 heterocycles. The molecule has 0 atom stereocenters. The fourth-order valence-corrected chi connectivity index (χ4v) is 3.93. The van der Waals surface area contributed by atoms with E-state index in [-0.39, 0.29) is 24.7 Å². The number of piperidine rings is 1. The molecule has 1 aliphatic carbocycles. The van der Waals surface area contributed by atoms with Gasteiger partial charge in [-0.25, -0.2) is 4.52 Å². The summed E-state index contributed by atoms with van der Waals surface area (Å²) in [5, 5.41) is 12.3. The highest BCUT2D eigenvalue weighted by Crippen LogP contribution is 2.34. The van der Waals surface area contributed by atoms with Gasteiger partial charge < -0.3 is 10.8 Å². The number of anilines is 1. The molecule has 33 heavy (non-hydrogen) atoms. The van der Waals surface area contributed by atoms with Gasteiger partial charge in [0.1, 0.15) is 0 Å². The van der Waals surface area contributed by atoms with Gasteiger partial charge in [0.2, 0.25) is 5.95 Å². The quantitative estimate of drug-likeness (QED) is 0.604. The van der Waals surface area contributed by atoms with Crippen LogP contribution < -0.4 is 5.73 Å². The molecule has 1 aromatic carbocycles. The number of aliphatic carboxylic acids is 1. The number of hydrogen-bond donors (Lipinski definition) is 2. The highest BCUT2D eigenvalue weighted by atomic mass is 19.4. The Bertz CT molecular complexity index is 1100. The van der Waals surface area contributed by atoms with Gasteiger partial charge in [-0.1, -0.05) is 30.3 Å². The maximum atomic E-state index is 12.8. The number of rotatable bonds is 4. The van der Waals surface area contributed by atoms with Gasteiger partial charge in [0.05, 0.1) is 17.5 Å². The van der Waals surface area contributed by atoms with Crippen LogP contribution in [0.5, 0.6) is 0 Å². The Morgan fingerprint density at radius 1 is 1.06 bits per heavy atom. The van der Waals surface area contributed by atoms with Crippen LogP contribution in [-0.4, -0.2) is 49.8 Å². The lowest BCUT2D eigenvalue weighted by Gasteiger charge is -2.32. The zero-order valence-electron chi connectivity index (χ0n) is 18.0. The second-order valence-electron chi connectivity index (χ2n) is 8.55. The lowest BCUT2D eigenvalue weighted by atomic mass is 9.96. The Kier molecular flexibility index (Phi) is 6.55. The number of nitrogens with two attached hydrogens (primary N) is 1. The molecule has 3 N–H and O–H groups in total. The van der Waals surface area contributed by atoms with Crippen molar-refractivity contribution in [3.63, 3.8) is 0 Å². The van der Waals surface area contributed by atoms with Gasteiger partial charge in [-0.05, 0) is 56.5 Å². The van der Waals surface area contributed by atoms with E-state index in [0.717, 1.165) is 29.7 Å². The minimum Gasteiger partial charge on any atom is -0.481 e. The van der Waals surface area contributed by atoms with Crippen molar-refractivity contribution in [2.45, 2.75) is 38.4 Å². The van der Waals surface area contributed by atoms with Crippen molar-refractivity contribution < 1.29 is 23.1 Å². The Hall–Kier alpha value is -3.14. The summed E-state index contributed by atoms with van der Waals surface area (Å²) >= 11 is 0. The summed E-state index contributed by atoms with van der Waals surface area (Å²) in [5.74, 6) is -1.55. The molecular weight excluding hydrogens is 435 g/mol. The van der Waals surface area contributed by atoms with E-state index < -0.39 is 18.1 Å². The SMILES string of the molecule is Nc1nc2cccc(-c3ccc(CN4CCC(C(F)(F)F)CC4)cc3)n2n1.O=C(O)C1CC1. The van der Waals surface area contributed by atoms with E-state index in [2.05, 4.69) is 15.0 Å². The largest absolute Gasteiger partial charge is 0.481 e. The first-order chi connectivity index (χ1) is 15.7. The third-order valence-electron chi connectivity index (χ3n) is 6.01. The molecule has 5 rings (SSSR count). The molecule has 2 fully saturated rings. The number of carbonyl (C=O) groups is 1. The maximum absolute atomic E-state index is 12.8. The summed E-state index contributed by atoms with van der Waals surface area (Å²) in [6.07, 6.45) is -1.92. The highest BCUT2D eigenvalue weighted by molar-refractivity contribution is 5.72. The van der Waals surface area contributed by atoms with Crippen molar-refractivity contribution in [2.24, 2.45) is 11.8 Å². The smallest absolute Gasteiger partial charge is 0.391 e. The maximum Gasteiger partial charge on any atom is 0.391 e. The molecular formula is C23H26F3N5O2. The molecule has 0 radical (unpaired) electrons. The van der Waals surface area contributed by atoms with Crippen LogP contribution in [0.15, 0.2) is 42.5 Å². The van der Waals surface area contributed by atoms with E-state index >= 15 is 0 Å². The average Bonchev–Trinajstić information content (AvgIpc) is 3.56. The second kappa shape index (κ2) is 9.38. The number of halogens is 3. The van der Waals surface area contributed by atoms with Crippen LogP contribution in [0.1, 0.15) is 31.2 Å². The summed E-state index contributed by atoms with van der Waals surface area (Å²) in [4.78, 5) is 16.0. The number of carboxylic acid groups (broad SMARTS) is 1. The van der Waals surface area contributed by atoms with Gasteiger partial charge in [-0.15, -0.1) is 5.10 Å². The number of likely N-dealkylation sites (tertiary alicyclic amines) is 1. The molecule has 0 spiro atoms. The number of aromatic nitrogens is 3. The Morgan fingerprint density at radius 2 is 1.73 bits per heavy atom. The standard InChI is InChI=1S/C19H20F3N5.C4H6O2/c20-19(21,22)15-8-10-26(11-9-15)12-13-4-6-14(7-5-13)16-2-1-3-17-24-18(23)25-27(16)17;5-4(6)3-1-2-3/h1-7,15H,8-12H2,(H2,23,25);3H,1-2H2,(H,5,6). The number of fused-ring (bicyclic) bond motifs is 1. The van der Waals surface area contributed by atoms with E-state index in [1.54, 1.807) is 4.52 Å². The third-order valence-corrected chi connectivity index (χ3v) is 6.01. The van der Waals surface area contributed by atoms with E-state index in [1.165, 1.54) is 0 Å². The summed E-state index contributed by atoms with van der Waals surface area (Å²) in [7, 11) is 0. The topological polar surface area (TPSA) is 96.8 Å². The average molecular weight is 461 g/mol. The minimum atomic E-state index is -4.07. The fourth-order valence-electron chi connectivity index (χ4n) is 3.93. The zero-order valence-corrected chi connectivity index (χ0v) is 18.0. The number of alkyl halides is 3. The van der Waals surface area contributed by atoms with Crippen LogP contribution in [0.25, 0.3) is 16.9 Å². The van der Waals surface area contributed by atoms with Gasteiger partial charge in [-0.2, -0.15) is 18.2 Å². The van der Waals surface area contributed by atoms with Gasteiger partial charge in [0.25, 0.3) is 0 Å². The number of nitrogens with zero attached hydrogens (tertiary/aromatic N) is 4. The first-order valence-electron chi connectivity index (χ1n) is 10.9. The summed E-state index contributed by atoms with van der Waals surface area (Å²) < 4.78 is 40.0. The van der Waals surface area contributed by atoms with Crippen molar-refractivity contribution >= 4 is 17.6 Å². The van der Waals surface area contributed by atoms with Crippen LogP contribution in [0.4, 0.5) is 19.1 Å². The first kappa shape index (κ1) is 23.0. The molecule has 3 aromatic rings. The highest BCUT2D eigenvalue weighted by Gasteiger charge is 2.40. The van der Waals surface area contributed by atoms with E-state index in [4.69, 9.17) is 10.8 Å². The van der Waals surface area contributed by atoms with Gasteiger partial charge >= 0.3 is 12.1 Å². The first-order valence-corrected chi connectivity index (χ1v) is 10.9. The summed E-state index contributed by atoms with van der Waals surface area (Å²) in [5.41, 5.74) is 9.30. The zero-order chi connectivity index (χ0) is 23.6. The van der Waals surface area contributed by atoms with Crippen LogP contribution >= 0.6 is 0 Å². The normalized spacial score (nSPS) is 17.5. The lowest BCUT2D eigenvalue weighted by molar-refractivity contribution is -0.185. The van der Waals surface area contributed by atoms with E-state index in [9.17, 15) is 18.0 Å². The molecule has 1 aliphatic heterocycles. The Labute approximate surface area is 189 Å². The molecule has 7 nitrogen and oxygen atoms in total. The number of carboxylic acids is 1. The van der Waals surface area contributed by atoms with Crippen LogP contribution in [0, 0.1) is 11.8 Å². The van der Waals surface area contributed by atoms with E-state index in [0.29, 0.717) is 25.3 Å². The fraction of sp³-hybridized carbons (Fsp3) is 0.435. The second-order valence-corrected chi connectivity index (χ2v) is 8.55. The molecule has 2 aromatic heterocycles. The van der Waals surface area contributed by atoms with Crippen LogP contribution in [0.3, 0.4) is 0 Å². The Balaban J connectivity index is 0.000000376. The number of pyridine rings is 1. The van der Waals surface area contributed by atoms with Crippen molar-refractivity contribution in [1.82, 2.24) is 19.5 Å². The predicted octanol–water partition coefficient (Wildman–Crippen LogP) is 4.23. The van der Waals surface area contributed by atoms with Crippen LogP contribution in [0.2, 0.25) is 0 Å².